The summed E-state index contributed by atoms with van der Waals surface area (Å²) >= 11 is 1.38. The number of anilines is 1. The summed E-state index contributed by atoms with van der Waals surface area (Å²) in [6, 6.07) is 4.26. The maximum absolute atomic E-state index is 12.5. The highest BCUT2D eigenvalue weighted by Gasteiger charge is 2.47. The standard InChI is InChI=1S/C23H27N3O3S/c1-13-10-15(3)18(11-14(13)2)19-12-30-23(24-19)25-20(27)8-9-26-21(28)16-6-4-5-7-17(16)22(26)29/h10-12,16-17H,4-9H2,1-3H3,(H,24,25,27)/t16-,17-/m1/s1. The fraction of sp³-hybridized carbons (Fsp3) is 0.478. The summed E-state index contributed by atoms with van der Waals surface area (Å²) in [5, 5.41) is 5.28. The number of thiazole rings is 1. The molecule has 0 unspecified atom stereocenters. The van der Waals surface area contributed by atoms with Crippen molar-refractivity contribution >= 4 is 34.2 Å². The molecule has 2 fully saturated rings. The molecule has 4 rings (SSSR count). The van der Waals surface area contributed by atoms with E-state index in [2.05, 4.69) is 43.2 Å². The highest BCUT2D eigenvalue weighted by Crippen LogP contribution is 2.38. The molecule has 1 aromatic carbocycles. The fourth-order valence-corrected chi connectivity index (χ4v) is 5.26. The molecule has 1 saturated carbocycles. The molecule has 30 heavy (non-hydrogen) atoms. The highest BCUT2D eigenvalue weighted by atomic mass is 32.1. The summed E-state index contributed by atoms with van der Waals surface area (Å²) in [5.74, 6) is -0.768. The normalized spacial score (nSPS) is 21.1. The van der Waals surface area contributed by atoms with E-state index in [1.165, 1.54) is 27.4 Å². The molecule has 6 nitrogen and oxygen atoms in total. The number of aryl methyl sites for hydroxylation is 3. The van der Waals surface area contributed by atoms with Crippen LogP contribution in [0.4, 0.5) is 5.13 Å². The molecule has 0 spiro atoms. The van der Waals surface area contributed by atoms with E-state index in [9.17, 15) is 14.4 Å². The van der Waals surface area contributed by atoms with Crippen LogP contribution >= 0.6 is 11.3 Å². The lowest BCUT2D eigenvalue weighted by atomic mass is 9.81. The van der Waals surface area contributed by atoms with Crippen molar-refractivity contribution in [3.8, 4) is 11.3 Å². The summed E-state index contributed by atoms with van der Waals surface area (Å²) in [6.45, 7) is 6.36. The van der Waals surface area contributed by atoms with Crippen LogP contribution in [0.3, 0.4) is 0 Å². The summed E-state index contributed by atoms with van der Waals surface area (Å²) < 4.78 is 0. The van der Waals surface area contributed by atoms with Crippen LogP contribution in [0.25, 0.3) is 11.3 Å². The summed E-state index contributed by atoms with van der Waals surface area (Å²) in [4.78, 5) is 43.3. The van der Waals surface area contributed by atoms with Crippen molar-refractivity contribution in [1.29, 1.82) is 0 Å². The van der Waals surface area contributed by atoms with E-state index >= 15 is 0 Å². The molecule has 0 radical (unpaired) electrons. The lowest BCUT2D eigenvalue weighted by Gasteiger charge is -2.19. The van der Waals surface area contributed by atoms with Gasteiger partial charge in [-0.05, 0) is 56.4 Å². The van der Waals surface area contributed by atoms with Gasteiger partial charge in [0, 0.05) is 23.9 Å². The quantitative estimate of drug-likeness (QED) is 0.727. The Hall–Kier alpha value is -2.54. The van der Waals surface area contributed by atoms with Gasteiger partial charge < -0.3 is 5.32 Å². The minimum Gasteiger partial charge on any atom is -0.302 e. The molecule has 3 amide bonds. The second kappa shape index (κ2) is 8.30. The smallest absolute Gasteiger partial charge is 0.233 e. The van der Waals surface area contributed by atoms with Crippen molar-refractivity contribution < 1.29 is 14.4 Å². The first-order valence-corrected chi connectivity index (χ1v) is 11.4. The van der Waals surface area contributed by atoms with E-state index in [-0.39, 0.29) is 42.5 Å². The van der Waals surface area contributed by atoms with E-state index in [4.69, 9.17) is 0 Å². The largest absolute Gasteiger partial charge is 0.302 e. The molecule has 2 heterocycles. The van der Waals surface area contributed by atoms with Crippen LogP contribution in [-0.2, 0) is 14.4 Å². The van der Waals surface area contributed by atoms with Crippen molar-refractivity contribution in [3.63, 3.8) is 0 Å². The van der Waals surface area contributed by atoms with Crippen LogP contribution < -0.4 is 5.32 Å². The van der Waals surface area contributed by atoms with Gasteiger partial charge in [0.05, 0.1) is 17.5 Å². The van der Waals surface area contributed by atoms with E-state index < -0.39 is 0 Å². The number of amides is 3. The number of nitrogens with zero attached hydrogens (tertiary/aromatic N) is 2. The Kier molecular flexibility index (Phi) is 5.73. The van der Waals surface area contributed by atoms with Crippen LogP contribution in [0, 0.1) is 32.6 Å². The first-order valence-electron chi connectivity index (χ1n) is 10.5. The average molecular weight is 426 g/mol. The van der Waals surface area contributed by atoms with Gasteiger partial charge >= 0.3 is 0 Å². The number of hydrogen-bond donors (Lipinski definition) is 1. The van der Waals surface area contributed by atoms with Gasteiger partial charge in [0.25, 0.3) is 0 Å². The number of aromatic nitrogens is 1. The first-order chi connectivity index (χ1) is 14.3. The first kappa shape index (κ1) is 20.7. The zero-order chi connectivity index (χ0) is 21.4. The van der Waals surface area contributed by atoms with E-state index in [0.717, 1.165) is 42.5 Å². The molecule has 1 aromatic heterocycles. The molecule has 158 valence electrons. The van der Waals surface area contributed by atoms with E-state index in [1.54, 1.807) is 0 Å². The Bertz CT molecular complexity index is 989. The number of benzene rings is 1. The molecule has 7 heteroatoms. The number of likely N-dealkylation sites (tertiary alicyclic amines) is 1. The van der Waals surface area contributed by atoms with Gasteiger partial charge in [0.15, 0.2) is 5.13 Å². The van der Waals surface area contributed by atoms with Crippen LogP contribution in [0.15, 0.2) is 17.5 Å². The molecular formula is C23H27N3O3S. The predicted molar refractivity (Wildman–Crippen MR) is 117 cm³/mol. The third-order valence-corrected chi connectivity index (χ3v) is 7.12. The van der Waals surface area contributed by atoms with Gasteiger partial charge in [-0.2, -0.15) is 0 Å². The number of nitrogens with one attached hydrogen (secondary N) is 1. The lowest BCUT2D eigenvalue weighted by molar-refractivity contribution is -0.140. The van der Waals surface area contributed by atoms with Crippen LogP contribution in [-0.4, -0.2) is 34.2 Å². The number of hydrogen-bond acceptors (Lipinski definition) is 5. The highest BCUT2D eigenvalue weighted by molar-refractivity contribution is 7.14. The Balaban J connectivity index is 1.37. The Morgan fingerprint density at radius 2 is 1.70 bits per heavy atom. The predicted octanol–water partition coefficient (Wildman–Crippen LogP) is 4.24. The summed E-state index contributed by atoms with van der Waals surface area (Å²) in [5.41, 5.74) is 5.49. The fourth-order valence-electron chi connectivity index (χ4n) is 4.54. The van der Waals surface area contributed by atoms with Gasteiger partial charge in [0.1, 0.15) is 0 Å². The maximum Gasteiger partial charge on any atom is 0.233 e. The second-order valence-electron chi connectivity index (χ2n) is 8.41. The van der Waals surface area contributed by atoms with Gasteiger partial charge in [-0.15, -0.1) is 11.3 Å². The molecule has 1 aliphatic carbocycles. The van der Waals surface area contributed by atoms with Gasteiger partial charge in [0.2, 0.25) is 17.7 Å². The number of fused-ring (bicyclic) bond motifs is 1. The SMILES string of the molecule is Cc1cc(C)c(-c2csc(NC(=O)CCN3C(=O)[C@@H]4CCCC[C@H]4C3=O)n2)cc1C. The number of carbonyl (C=O) groups is 3. The van der Waals surface area contributed by atoms with Crippen LogP contribution in [0.5, 0.6) is 0 Å². The summed E-state index contributed by atoms with van der Waals surface area (Å²) in [7, 11) is 0. The number of rotatable bonds is 5. The molecule has 2 aliphatic rings. The molecule has 1 aliphatic heterocycles. The van der Waals surface area contributed by atoms with E-state index in [1.807, 2.05) is 5.38 Å². The molecule has 1 saturated heterocycles. The monoisotopic (exact) mass is 425 g/mol. The molecule has 0 bridgehead atoms. The van der Waals surface area contributed by atoms with Crippen molar-refractivity contribution in [1.82, 2.24) is 9.88 Å². The zero-order valence-corrected chi connectivity index (χ0v) is 18.5. The Morgan fingerprint density at radius 3 is 2.37 bits per heavy atom. The Labute approximate surface area is 180 Å². The molecule has 1 N–H and O–H groups in total. The minimum absolute atomic E-state index is 0.0918. The Morgan fingerprint density at radius 1 is 1.07 bits per heavy atom. The van der Waals surface area contributed by atoms with Gasteiger partial charge in [-0.1, -0.05) is 18.9 Å². The number of imide groups is 1. The zero-order valence-electron chi connectivity index (χ0n) is 17.7. The molecule has 2 aromatic rings. The molecular weight excluding hydrogens is 398 g/mol. The van der Waals surface area contributed by atoms with Crippen molar-refractivity contribution in [2.24, 2.45) is 11.8 Å². The van der Waals surface area contributed by atoms with Crippen molar-refractivity contribution in [2.45, 2.75) is 52.9 Å². The lowest BCUT2D eigenvalue weighted by Crippen LogP contribution is -2.34. The minimum atomic E-state index is -0.233. The third kappa shape index (κ3) is 3.90. The molecule has 2 atom stereocenters. The van der Waals surface area contributed by atoms with Crippen LogP contribution in [0.2, 0.25) is 0 Å². The maximum atomic E-state index is 12.5. The third-order valence-electron chi connectivity index (χ3n) is 6.36. The average Bonchev–Trinajstić information content (AvgIpc) is 3.27. The van der Waals surface area contributed by atoms with Gasteiger partial charge in [-0.25, -0.2) is 4.98 Å². The van der Waals surface area contributed by atoms with Crippen molar-refractivity contribution in [3.05, 3.63) is 34.2 Å². The topological polar surface area (TPSA) is 79.4 Å². The van der Waals surface area contributed by atoms with Crippen molar-refractivity contribution in [2.75, 3.05) is 11.9 Å². The second-order valence-corrected chi connectivity index (χ2v) is 9.27. The van der Waals surface area contributed by atoms with Crippen LogP contribution in [0.1, 0.15) is 48.8 Å². The summed E-state index contributed by atoms with van der Waals surface area (Å²) in [6.07, 6.45) is 3.67. The van der Waals surface area contributed by atoms with E-state index in [0.29, 0.717) is 5.13 Å². The number of carbonyl (C=O) groups excluding carboxylic acids is 3. The van der Waals surface area contributed by atoms with Gasteiger partial charge in [-0.3, -0.25) is 19.3 Å².